The van der Waals surface area contributed by atoms with Crippen LogP contribution < -0.4 is 0 Å². The maximum absolute atomic E-state index is 12.2. The van der Waals surface area contributed by atoms with Crippen LogP contribution in [-0.4, -0.2) is 24.6 Å². The van der Waals surface area contributed by atoms with Crippen molar-refractivity contribution in [2.24, 2.45) is 0 Å². The predicted octanol–water partition coefficient (Wildman–Crippen LogP) is 3.14. The summed E-state index contributed by atoms with van der Waals surface area (Å²) in [5.74, 6) is -0.713. The molecule has 1 unspecified atom stereocenters. The number of esters is 2. The van der Waals surface area contributed by atoms with Crippen molar-refractivity contribution in [1.29, 1.82) is 0 Å². The summed E-state index contributed by atoms with van der Waals surface area (Å²) in [5.41, 5.74) is 1.51. The topological polar surface area (TPSA) is 52.6 Å². The van der Waals surface area contributed by atoms with Gasteiger partial charge >= 0.3 is 11.9 Å². The highest BCUT2D eigenvalue weighted by Crippen LogP contribution is 2.14. The minimum Gasteiger partial charge on any atom is -0.466 e. The highest BCUT2D eigenvalue weighted by molar-refractivity contribution is 5.91. The van der Waals surface area contributed by atoms with E-state index in [1.54, 1.807) is 13.0 Å². The third-order valence-corrected chi connectivity index (χ3v) is 3.05. The number of ether oxygens (including phenoxy) is 2. The van der Waals surface area contributed by atoms with Crippen molar-refractivity contribution in [2.45, 2.75) is 46.1 Å². The Morgan fingerprint density at radius 1 is 1.15 bits per heavy atom. The molecule has 0 radical (unpaired) electrons. The molecule has 1 rings (SSSR count). The molecule has 0 saturated heterocycles. The Kier molecular flexibility index (Phi) is 6.77. The molecule has 0 aliphatic rings. The molecule has 1 aromatic rings. The monoisotopic (exact) mass is 278 g/mol. The van der Waals surface area contributed by atoms with Gasteiger partial charge in [0.1, 0.15) is 6.10 Å². The van der Waals surface area contributed by atoms with Gasteiger partial charge in [0.05, 0.1) is 18.6 Å². The number of carbonyl (C=O) groups is 2. The first kappa shape index (κ1) is 16.2. The van der Waals surface area contributed by atoms with Gasteiger partial charge in [-0.3, -0.25) is 4.79 Å². The van der Waals surface area contributed by atoms with Crippen LogP contribution in [0, 0.1) is 0 Å². The fourth-order valence-electron chi connectivity index (χ4n) is 1.92. The molecule has 1 atom stereocenters. The molecule has 0 aliphatic heterocycles. The van der Waals surface area contributed by atoms with Gasteiger partial charge in [-0.1, -0.05) is 32.0 Å². The van der Waals surface area contributed by atoms with Crippen LogP contribution in [0.2, 0.25) is 0 Å². The molecule has 0 aromatic heterocycles. The van der Waals surface area contributed by atoms with Gasteiger partial charge in [0.2, 0.25) is 0 Å². The molecule has 4 nitrogen and oxygen atoms in total. The molecule has 0 aliphatic carbocycles. The molecule has 0 spiro atoms. The van der Waals surface area contributed by atoms with Crippen molar-refractivity contribution in [3.8, 4) is 0 Å². The first-order valence-electron chi connectivity index (χ1n) is 7.06. The van der Waals surface area contributed by atoms with Gasteiger partial charge < -0.3 is 9.47 Å². The lowest BCUT2D eigenvalue weighted by atomic mass is 10.1. The molecule has 0 fully saturated rings. The third-order valence-electron chi connectivity index (χ3n) is 3.05. The van der Waals surface area contributed by atoms with Gasteiger partial charge in [0.15, 0.2) is 0 Å². The van der Waals surface area contributed by atoms with Crippen molar-refractivity contribution < 1.29 is 19.1 Å². The van der Waals surface area contributed by atoms with Crippen LogP contribution in [0.5, 0.6) is 0 Å². The zero-order chi connectivity index (χ0) is 15.0. The first-order valence-corrected chi connectivity index (χ1v) is 7.06. The molecule has 4 heteroatoms. The normalized spacial score (nSPS) is 11.8. The SMILES string of the molecule is CCOC(=O)CC(CC)OC(=O)c1ccccc1CC. The highest BCUT2D eigenvalue weighted by atomic mass is 16.6. The Balaban J connectivity index is 2.69. The molecule has 0 saturated carbocycles. The van der Waals surface area contributed by atoms with Crippen LogP contribution in [0.15, 0.2) is 24.3 Å². The van der Waals surface area contributed by atoms with E-state index in [0.29, 0.717) is 18.6 Å². The smallest absolute Gasteiger partial charge is 0.338 e. The molecule has 20 heavy (non-hydrogen) atoms. The minimum absolute atomic E-state index is 0.102. The summed E-state index contributed by atoms with van der Waals surface area (Å²) in [6.07, 6.45) is 1.01. The lowest BCUT2D eigenvalue weighted by Crippen LogP contribution is -2.22. The summed E-state index contributed by atoms with van der Waals surface area (Å²) in [7, 11) is 0. The Morgan fingerprint density at radius 2 is 1.85 bits per heavy atom. The van der Waals surface area contributed by atoms with Crippen LogP contribution in [0.4, 0.5) is 0 Å². The third kappa shape index (κ3) is 4.68. The maximum atomic E-state index is 12.2. The van der Waals surface area contributed by atoms with E-state index in [1.807, 2.05) is 32.0 Å². The second-order valence-corrected chi connectivity index (χ2v) is 4.46. The van der Waals surface area contributed by atoms with E-state index >= 15 is 0 Å². The molecular formula is C16H22O4. The lowest BCUT2D eigenvalue weighted by molar-refractivity contribution is -0.145. The number of aryl methyl sites for hydroxylation is 1. The van der Waals surface area contributed by atoms with E-state index in [2.05, 4.69) is 0 Å². The van der Waals surface area contributed by atoms with E-state index in [4.69, 9.17) is 9.47 Å². The van der Waals surface area contributed by atoms with E-state index in [9.17, 15) is 9.59 Å². The van der Waals surface area contributed by atoms with Gasteiger partial charge in [0, 0.05) is 0 Å². The summed E-state index contributed by atoms with van der Waals surface area (Å²) in [4.78, 5) is 23.6. The fraction of sp³-hybridized carbons (Fsp3) is 0.500. The Labute approximate surface area is 120 Å². The van der Waals surface area contributed by atoms with Crippen molar-refractivity contribution in [2.75, 3.05) is 6.61 Å². The molecule has 1 aromatic carbocycles. The first-order chi connectivity index (χ1) is 9.62. The number of benzene rings is 1. The Hall–Kier alpha value is -1.84. The molecule has 0 heterocycles. The van der Waals surface area contributed by atoms with Gasteiger partial charge in [-0.15, -0.1) is 0 Å². The summed E-state index contributed by atoms with van der Waals surface area (Å²) in [6.45, 7) is 5.95. The maximum Gasteiger partial charge on any atom is 0.338 e. The fourth-order valence-corrected chi connectivity index (χ4v) is 1.92. The van der Waals surface area contributed by atoms with E-state index in [1.165, 1.54) is 0 Å². The van der Waals surface area contributed by atoms with Crippen molar-refractivity contribution in [1.82, 2.24) is 0 Å². The van der Waals surface area contributed by atoms with Gasteiger partial charge in [0.25, 0.3) is 0 Å². The van der Waals surface area contributed by atoms with Crippen molar-refractivity contribution >= 4 is 11.9 Å². The van der Waals surface area contributed by atoms with Crippen LogP contribution in [0.1, 0.15) is 49.5 Å². The van der Waals surface area contributed by atoms with Crippen molar-refractivity contribution in [3.63, 3.8) is 0 Å². The number of hydrogen-bond acceptors (Lipinski definition) is 4. The van der Waals surface area contributed by atoms with Gasteiger partial charge in [-0.05, 0) is 31.4 Å². The van der Waals surface area contributed by atoms with E-state index < -0.39 is 6.10 Å². The highest BCUT2D eigenvalue weighted by Gasteiger charge is 2.19. The van der Waals surface area contributed by atoms with Crippen LogP contribution in [0.3, 0.4) is 0 Å². The zero-order valence-electron chi connectivity index (χ0n) is 12.3. The van der Waals surface area contributed by atoms with Crippen LogP contribution >= 0.6 is 0 Å². The van der Waals surface area contributed by atoms with Gasteiger partial charge in [-0.25, -0.2) is 4.79 Å². The summed E-state index contributed by atoms with van der Waals surface area (Å²) >= 11 is 0. The number of carbonyl (C=O) groups excluding carboxylic acids is 2. The summed E-state index contributed by atoms with van der Waals surface area (Å²) in [6, 6.07) is 7.36. The molecule has 0 amide bonds. The van der Waals surface area contributed by atoms with Crippen molar-refractivity contribution in [3.05, 3.63) is 35.4 Å². The molecule has 0 bridgehead atoms. The molecule has 110 valence electrons. The number of hydrogen-bond donors (Lipinski definition) is 0. The molecule has 0 N–H and O–H groups in total. The van der Waals surface area contributed by atoms with Gasteiger partial charge in [-0.2, -0.15) is 0 Å². The lowest BCUT2D eigenvalue weighted by Gasteiger charge is -2.16. The van der Waals surface area contributed by atoms with Crippen LogP contribution in [-0.2, 0) is 20.7 Å². The quantitative estimate of drug-likeness (QED) is 0.719. The second-order valence-electron chi connectivity index (χ2n) is 4.46. The standard InChI is InChI=1S/C16H22O4/c1-4-12-9-7-8-10-14(12)16(18)20-13(5-2)11-15(17)19-6-3/h7-10,13H,4-6,11H2,1-3H3. The largest absolute Gasteiger partial charge is 0.466 e. The Morgan fingerprint density at radius 3 is 2.45 bits per heavy atom. The van der Waals surface area contributed by atoms with E-state index in [-0.39, 0.29) is 18.4 Å². The minimum atomic E-state index is -0.438. The van der Waals surface area contributed by atoms with E-state index in [0.717, 1.165) is 12.0 Å². The van der Waals surface area contributed by atoms with Crippen LogP contribution in [0.25, 0.3) is 0 Å². The Bertz CT molecular complexity index is 454. The average molecular weight is 278 g/mol. The zero-order valence-corrected chi connectivity index (χ0v) is 12.3. The number of rotatable bonds is 7. The second kappa shape index (κ2) is 8.35. The summed E-state index contributed by atoms with van der Waals surface area (Å²) < 4.78 is 10.3. The average Bonchev–Trinajstić information content (AvgIpc) is 2.46. The summed E-state index contributed by atoms with van der Waals surface area (Å²) in [5, 5.41) is 0. The predicted molar refractivity (Wildman–Crippen MR) is 76.6 cm³/mol. The molecular weight excluding hydrogens is 256 g/mol.